The van der Waals surface area contributed by atoms with Crippen LogP contribution in [0, 0.1) is 5.92 Å². The lowest BCUT2D eigenvalue weighted by atomic mass is 10.2. The second-order valence-corrected chi connectivity index (χ2v) is 5.12. The van der Waals surface area contributed by atoms with Crippen molar-refractivity contribution < 1.29 is 9.15 Å². The van der Waals surface area contributed by atoms with Crippen LogP contribution < -0.4 is 5.32 Å². The van der Waals surface area contributed by atoms with E-state index < -0.39 is 0 Å². The molecule has 1 heterocycles. The third kappa shape index (κ3) is 6.19. The van der Waals surface area contributed by atoms with E-state index >= 15 is 0 Å². The molecule has 0 aliphatic carbocycles. The molecule has 4 nitrogen and oxygen atoms in total. The molecule has 0 spiro atoms. The molecule has 1 aromatic rings. The molecule has 0 aliphatic rings. The number of methoxy groups -OCH3 is 1. The van der Waals surface area contributed by atoms with E-state index in [9.17, 15) is 0 Å². The Kier molecular flexibility index (Phi) is 7.01. The van der Waals surface area contributed by atoms with E-state index in [1.165, 1.54) is 0 Å². The molecule has 4 heteroatoms. The molecule has 0 bridgehead atoms. The summed E-state index contributed by atoms with van der Waals surface area (Å²) < 4.78 is 10.8. The molecule has 0 aromatic carbocycles. The predicted molar refractivity (Wildman–Crippen MR) is 73.5 cm³/mol. The van der Waals surface area contributed by atoms with Crippen LogP contribution in [0.25, 0.3) is 0 Å². The van der Waals surface area contributed by atoms with Crippen LogP contribution in [0.4, 0.5) is 0 Å². The Morgan fingerprint density at radius 1 is 1.33 bits per heavy atom. The summed E-state index contributed by atoms with van der Waals surface area (Å²) in [6.07, 6.45) is 0. The zero-order valence-electron chi connectivity index (χ0n) is 12.0. The molecule has 0 fully saturated rings. The quantitative estimate of drug-likeness (QED) is 0.732. The Morgan fingerprint density at radius 3 is 2.72 bits per heavy atom. The lowest BCUT2D eigenvalue weighted by molar-refractivity contribution is 0.154. The number of nitrogens with zero attached hydrogens (tertiary/aromatic N) is 1. The molecule has 0 saturated heterocycles. The van der Waals surface area contributed by atoms with Crippen LogP contribution in [0.2, 0.25) is 0 Å². The number of hydrogen-bond acceptors (Lipinski definition) is 4. The van der Waals surface area contributed by atoms with Gasteiger partial charge < -0.3 is 14.5 Å². The summed E-state index contributed by atoms with van der Waals surface area (Å²) in [5.74, 6) is 2.68. The van der Waals surface area contributed by atoms with Gasteiger partial charge in [0.1, 0.15) is 11.5 Å². The van der Waals surface area contributed by atoms with E-state index in [4.69, 9.17) is 9.15 Å². The number of nitrogens with one attached hydrogen (secondary N) is 1. The molecule has 0 saturated carbocycles. The maximum Gasteiger partial charge on any atom is 0.118 e. The van der Waals surface area contributed by atoms with E-state index in [0.29, 0.717) is 5.92 Å². The van der Waals surface area contributed by atoms with Crippen molar-refractivity contribution in [3.63, 3.8) is 0 Å². The molecule has 1 N–H and O–H groups in total. The fourth-order valence-corrected chi connectivity index (χ4v) is 1.68. The molecular formula is C14H26N2O2. The van der Waals surface area contributed by atoms with Crippen molar-refractivity contribution in [2.75, 3.05) is 33.9 Å². The second kappa shape index (κ2) is 8.29. The molecule has 18 heavy (non-hydrogen) atoms. The van der Waals surface area contributed by atoms with Gasteiger partial charge in [-0.15, -0.1) is 0 Å². The summed E-state index contributed by atoms with van der Waals surface area (Å²) >= 11 is 0. The highest BCUT2D eigenvalue weighted by atomic mass is 16.5. The molecule has 0 amide bonds. The maximum atomic E-state index is 5.77. The molecule has 104 valence electrons. The van der Waals surface area contributed by atoms with Gasteiger partial charge in [-0.2, -0.15) is 0 Å². The number of rotatable bonds is 9. The second-order valence-electron chi connectivity index (χ2n) is 5.12. The SMILES string of the molecule is COCCN(C)Cc1ccc(CNCC(C)C)o1. The van der Waals surface area contributed by atoms with Gasteiger partial charge in [-0.3, -0.25) is 4.90 Å². The van der Waals surface area contributed by atoms with Gasteiger partial charge in [0.25, 0.3) is 0 Å². The summed E-state index contributed by atoms with van der Waals surface area (Å²) in [6, 6.07) is 4.10. The largest absolute Gasteiger partial charge is 0.463 e. The summed E-state index contributed by atoms with van der Waals surface area (Å²) in [6.45, 7) is 8.71. The van der Waals surface area contributed by atoms with Crippen molar-refractivity contribution in [1.82, 2.24) is 10.2 Å². The fourth-order valence-electron chi connectivity index (χ4n) is 1.68. The Hall–Kier alpha value is -0.840. The molecule has 0 atom stereocenters. The molecule has 0 unspecified atom stereocenters. The van der Waals surface area contributed by atoms with Gasteiger partial charge in [-0.25, -0.2) is 0 Å². The molecule has 1 aromatic heterocycles. The van der Waals surface area contributed by atoms with Crippen molar-refractivity contribution in [2.45, 2.75) is 26.9 Å². The van der Waals surface area contributed by atoms with Crippen molar-refractivity contribution >= 4 is 0 Å². The summed E-state index contributed by atoms with van der Waals surface area (Å²) in [4.78, 5) is 2.19. The van der Waals surface area contributed by atoms with E-state index in [0.717, 1.165) is 44.3 Å². The van der Waals surface area contributed by atoms with E-state index in [1.807, 2.05) is 6.07 Å². The third-order valence-electron chi connectivity index (χ3n) is 2.67. The minimum atomic E-state index is 0.666. The van der Waals surface area contributed by atoms with Crippen LogP contribution in [0.5, 0.6) is 0 Å². The topological polar surface area (TPSA) is 37.6 Å². The number of ether oxygens (including phenoxy) is 1. The van der Waals surface area contributed by atoms with E-state index in [1.54, 1.807) is 7.11 Å². The minimum absolute atomic E-state index is 0.666. The highest BCUT2D eigenvalue weighted by Crippen LogP contribution is 2.09. The van der Waals surface area contributed by atoms with Gasteiger partial charge in [0.15, 0.2) is 0 Å². The van der Waals surface area contributed by atoms with Crippen LogP contribution in [0.15, 0.2) is 16.5 Å². The first-order valence-corrected chi connectivity index (χ1v) is 6.57. The number of furan rings is 1. The fraction of sp³-hybridized carbons (Fsp3) is 0.714. The highest BCUT2D eigenvalue weighted by Gasteiger charge is 2.05. The summed E-state index contributed by atoms with van der Waals surface area (Å²) in [5, 5.41) is 3.37. The van der Waals surface area contributed by atoms with Crippen LogP contribution in [0.1, 0.15) is 25.4 Å². The maximum absolute atomic E-state index is 5.77. The Morgan fingerprint density at radius 2 is 2.06 bits per heavy atom. The molecule has 0 radical (unpaired) electrons. The van der Waals surface area contributed by atoms with Gasteiger partial charge in [-0.1, -0.05) is 13.8 Å². The zero-order chi connectivity index (χ0) is 13.4. The van der Waals surface area contributed by atoms with Crippen molar-refractivity contribution in [1.29, 1.82) is 0 Å². The van der Waals surface area contributed by atoms with Gasteiger partial charge >= 0.3 is 0 Å². The average molecular weight is 254 g/mol. The van der Waals surface area contributed by atoms with Gasteiger partial charge in [0, 0.05) is 13.7 Å². The highest BCUT2D eigenvalue weighted by molar-refractivity contribution is 5.06. The van der Waals surface area contributed by atoms with Crippen LogP contribution >= 0.6 is 0 Å². The first kappa shape index (κ1) is 15.2. The lowest BCUT2D eigenvalue weighted by Gasteiger charge is -2.13. The van der Waals surface area contributed by atoms with Crippen molar-refractivity contribution in [2.24, 2.45) is 5.92 Å². The number of likely N-dealkylation sites (N-methyl/N-ethyl adjacent to an activating group) is 1. The zero-order valence-corrected chi connectivity index (χ0v) is 12.0. The minimum Gasteiger partial charge on any atom is -0.463 e. The van der Waals surface area contributed by atoms with Gasteiger partial charge in [-0.05, 0) is 31.6 Å². The predicted octanol–water partition coefficient (Wildman–Crippen LogP) is 2.10. The average Bonchev–Trinajstić information content (AvgIpc) is 2.73. The number of hydrogen-bond donors (Lipinski definition) is 1. The Bertz CT molecular complexity index is 323. The van der Waals surface area contributed by atoms with Crippen LogP contribution in [-0.2, 0) is 17.8 Å². The first-order chi connectivity index (χ1) is 8.61. The van der Waals surface area contributed by atoms with E-state index in [2.05, 4.69) is 37.2 Å². The Labute approximate surface area is 110 Å². The molecule has 0 aliphatic heterocycles. The summed E-state index contributed by atoms with van der Waals surface area (Å²) in [5.41, 5.74) is 0. The monoisotopic (exact) mass is 254 g/mol. The lowest BCUT2D eigenvalue weighted by Crippen LogP contribution is -2.22. The standard InChI is InChI=1S/C14H26N2O2/c1-12(2)9-15-10-13-5-6-14(18-13)11-16(3)7-8-17-4/h5-6,12,15H,7-11H2,1-4H3. The molecular weight excluding hydrogens is 228 g/mol. The van der Waals surface area contributed by atoms with Gasteiger partial charge in [0.2, 0.25) is 0 Å². The third-order valence-corrected chi connectivity index (χ3v) is 2.67. The van der Waals surface area contributed by atoms with Crippen molar-refractivity contribution in [3.8, 4) is 0 Å². The first-order valence-electron chi connectivity index (χ1n) is 6.57. The van der Waals surface area contributed by atoms with Crippen LogP contribution in [-0.4, -0.2) is 38.8 Å². The van der Waals surface area contributed by atoms with Crippen LogP contribution in [0.3, 0.4) is 0 Å². The van der Waals surface area contributed by atoms with E-state index in [-0.39, 0.29) is 0 Å². The Balaban J connectivity index is 2.29. The van der Waals surface area contributed by atoms with Crippen molar-refractivity contribution in [3.05, 3.63) is 23.7 Å². The summed E-state index contributed by atoms with van der Waals surface area (Å²) in [7, 11) is 3.79. The normalized spacial score (nSPS) is 11.7. The van der Waals surface area contributed by atoms with Gasteiger partial charge in [0.05, 0.1) is 19.7 Å². The smallest absolute Gasteiger partial charge is 0.118 e. The molecule has 1 rings (SSSR count).